The largest absolute Gasteiger partial charge is 0.455 e. The van der Waals surface area contributed by atoms with Crippen LogP contribution in [0.4, 0.5) is 0 Å². The number of nitrogens with zero attached hydrogens (tertiary/aromatic N) is 1. The van der Waals surface area contributed by atoms with Crippen LogP contribution in [0.2, 0.25) is 5.02 Å². The van der Waals surface area contributed by atoms with Gasteiger partial charge in [-0.1, -0.05) is 28.9 Å². The predicted octanol–water partition coefficient (Wildman–Crippen LogP) is 3.41. The molecular formula is C11H8ClNO2. The summed E-state index contributed by atoms with van der Waals surface area (Å²) in [5.74, 6) is 1.13. The zero-order valence-corrected chi connectivity index (χ0v) is 8.48. The van der Waals surface area contributed by atoms with Gasteiger partial charge in [0.15, 0.2) is 0 Å². The molecule has 1 aromatic carbocycles. The molecule has 0 atom stereocenters. The molecule has 1 aromatic heterocycles. The lowest BCUT2D eigenvalue weighted by Crippen LogP contribution is -1.75. The summed E-state index contributed by atoms with van der Waals surface area (Å²) in [6.45, 7) is 0. The Morgan fingerprint density at radius 2 is 2.00 bits per heavy atom. The molecule has 15 heavy (non-hydrogen) atoms. The summed E-state index contributed by atoms with van der Waals surface area (Å²) in [6.07, 6.45) is 1.22. The summed E-state index contributed by atoms with van der Waals surface area (Å²) >= 11 is 6.00. The Kier molecular flexibility index (Phi) is 2.74. The fourth-order valence-electron chi connectivity index (χ4n) is 1.28. The first-order valence-corrected chi connectivity index (χ1v) is 4.71. The highest BCUT2D eigenvalue weighted by atomic mass is 35.5. The Morgan fingerprint density at radius 1 is 1.20 bits per heavy atom. The summed E-state index contributed by atoms with van der Waals surface area (Å²) in [5, 5.41) is 11.8. The Balaban J connectivity index is 2.42. The van der Waals surface area contributed by atoms with Crippen LogP contribution in [0.15, 0.2) is 46.0 Å². The van der Waals surface area contributed by atoms with Gasteiger partial charge in [0, 0.05) is 5.56 Å². The first-order chi connectivity index (χ1) is 7.31. The quantitative estimate of drug-likeness (QED) is 0.480. The number of hydrogen-bond acceptors (Lipinski definition) is 3. The molecule has 4 heteroatoms. The van der Waals surface area contributed by atoms with Crippen LogP contribution in [-0.4, -0.2) is 11.4 Å². The van der Waals surface area contributed by atoms with E-state index in [-0.39, 0.29) is 0 Å². The SMILES string of the molecule is ON=Cc1ccc(-c2ccccc2Cl)o1. The zero-order valence-electron chi connectivity index (χ0n) is 7.72. The second-order valence-electron chi connectivity index (χ2n) is 2.93. The maximum Gasteiger partial charge on any atom is 0.149 e. The molecule has 3 nitrogen and oxygen atoms in total. The molecule has 0 radical (unpaired) electrons. The van der Waals surface area contributed by atoms with Crippen molar-refractivity contribution < 1.29 is 9.62 Å². The molecule has 2 aromatic rings. The van der Waals surface area contributed by atoms with Gasteiger partial charge in [0.05, 0.1) is 5.02 Å². The van der Waals surface area contributed by atoms with Crippen molar-refractivity contribution in [1.29, 1.82) is 0 Å². The molecule has 1 heterocycles. The van der Waals surface area contributed by atoms with E-state index < -0.39 is 0 Å². The van der Waals surface area contributed by atoms with Gasteiger partial charge in [0.1, 0.15) is 17.7 Å². The number of halogens is 1. The molecule has 1 N–H and O–H groups in total. The molecule has 0 aliphatic carbocycles. The minimum absolute atomic E-state index is 0.479. The van der Waals surface area contributed by atoms with Crippen LogP contribution in [0.3, 0.4) is 0 Å². The number of furan rings is 1. The first-order valence-electron chi connectivity index (χ1n) is 4.33. The van der Waals surface area contributed by atoms with Crippen LogP contribution in [-0.2, 0) is 0 Å². The average Bonchev–Trinajstić information content (AvgIpc) is 2.68. The smallest absolute Gasteiger partial charge is 0.149 e. The minimum atomic E-state index is 0.479. The number of benzene rings is 1. The summed E-state index contributed by atoms with van der Waals surface area (Å²) in [4.78, 5) is 0. The van der Waals surface area contributed by atoms with E-state index in [1.54, 1.807) is 18.2 Å². The minimum Gasteiger partial charge on any atom is -0.455 e. The Hall–Kier alpha value is -1.74. The van der Waals surface area contributed by atoms with Crippen molar-refractivity contribution in [2.24, 2.45) is 5.16 Å². The molecule has 0 saturated heterocycles. The van der Waals surface area contributed by atoms with Crippen molar-refractivity contribution in [2.45, 2.75) is 0 Å². The van der Waals surface area contributed by atoms with E-state index in [0.717, 1.165) is 5.56 Å². The summed E-state index contributed by atoms with van der Waals surface area (Å²) in [6, 6.07) is 10.9. The lowest BCUT2D eigenvalue weighted by molar-refractivity contribution is 0.321. The van der Waals surface area contributed by atoms with Gasteiger partial charge in [-0.15, -0.1) is 0 Å². The van der Waals surface area contributed by atoms with Gasteiger partial charge >= 0.3 is 0 Å². The highest BCUT2D eigenvalue weighted by Gasteiger charge is 2.06. The van der Waals surface area contributed by atoms with Gasteiger partial charge in [-0.25, -0.2) is 0 Å². The van der Waals surface area contributed by atoms with E-state index in [9.17, 15) is 0 Å². The highest BCUT2D eigenvalue weighted by Crippen LogP contribution is 2.28. The molecule has 0 spiro atoms. The van der Waals surface area contributed by atoms with Crippen molar-refractivity contribution in [3.63, 3.8) is 0 Å². The zero-order chi connectivity index (χ0) is 10.7. The van der Waals surface area contributed by atoms with Crippen molar-refractivity contribution in [2.75, 3.05) is 0 Å². The molecule has 0 saturated carbocycles. The summed E-state index contributed by atoms with van der Waals surface area (Å²) in [5.41, 5.74) is 0.816. The third-order valence-electron chi connectivity index (χ3n) is 1.95. The molecule has 0 aliphatic rings. The van der Waals surface area contributed by atoms with Crippen molar-refractivity contribution >= 4 is 17.8 Å². The van der Waals surface area contributed by atoms with Crippen LogP contribution in [0.1, 0.15) is 5.76 Å². The molecule has 0 bridgehead atoms. The molecular weight excluding hydrogens is 214 g/mol. The standard InChI is InChI=1S/C11H8ClNO2/c12-10-4-2-1-3-9(10)11-6-5-8(15-11)7-13-14/h1-7,14H. The molecule has 2 rings (SSSR count). The van der Waals surface area contributed by atoms with Crippen molar-refractivity contribution in [3.05, 3.63) is 47.2 Å². The predicted molar refractivity (Wildman–Crippen MR) is 58.5 cm³/mol. The van der Waals surface area contributed by atoms with E-state index in [1.165, 1.54) is 6.21 Å². The van der Waals surface area contributed by atoms with E-state index >= 15 is 0 Å². The third-order valence-corrected chi connectivity index (χ3v) is 2.28. The Labute approximate surface area is 91.6 Å². The fourth-order valence-corrected chi connectivity index (χ4v) is 1.51. The first kappa shape index (κ1) is 9.80. The molecule has 0 aliphatic heterocycles. The number of oxime groups is 1. The monoisotopic (exact) mass is 221 g/mol. The molecule has 76 valence electrons. The van der Waals surface area contributed by atoms with Gasteiger partial charge in [-0.2, -0.15) is 0 Å². The van der Waals surface area contributed by atoms with E-state index in [4.69, 9.17) is 21.2 Å². The summed E-state index contributed by atoms with van der Waals surface area (Å²) < 4.78 is 5.40. The van der Waals surface area contributed by atoms with Gasteiger partial charge in [0.2, 0.25) is 0 Å². The molecule has 0 unspecified atom stereocenters. The molecule has 0 amide bonds. The van der Waals surface area contributed by atoms with Gasteiger partial charge < -0.3 is 9.62 Å². The van der Waals surface area contributed by atoms with Crippen molar-refractivity contribution in [1.82, 2.24) is 0 Å². The third kappa shape index (κ3) is 2.02. The number of hydrogen-bond donors (Lipinski definition) is 1. The van der Waals surface area contributed by atoms with Gasteiger partial charge in [-0.05, 0) is 24.3 Å². The van der Waals surface area contributed by atoms with Crippen LogP contribution in [0.25, 0.3) is 11.3 Å². The van der Waals surface area contributed by atoms with Gasteiger partial charge in [-0.3, -0.25) is 0 Å². The van der Waals surface area contributed by atoms with Crippen LogP contribution < -0.4 is 0 Å². The second-order valence-corrected chi connectivity index (χ2v) is 3.33. The van der Waals surface area contributed by atoms with E-state index in [2.05, 4.69) is 5.16 Å². The lowest BCUT2D eigenvalue weighted by Gasteiger charge is -1.98. The Bertz CT molecular complexity index is 491. The van der Waals surface area contributed by atoms with Crippen LogP contribution in [0.5, 0.6) is 0 Å². The van der Waals surface area contributed by atoms with Crippen LogP contribution in [0, 0.1) is 0 Å². The van der Waals surface area contributed by atoms with Crippen LogP contribution >= 0.6 is 11.6 Å². The highest BCUT2D eigenvalue weighted by molar-refractivity contribution is 6.33. The van der Waals surface area contributed by atoms with E-state index in [0.29, 0.717) is 16.5 Å². The number of rotatable bonds is 2. The fraction of sp³-hybridized carbons (Fsp3) is 0. The summed E-state index contributed by atoms with van der Waals surface area (Å²) in [7, 11) is 0. The van der Waals surface area contributed by atoms with Gasteiger partial charge in [0.25, 0.3) is 0 Å². The van der Waals surface area contributed by atoms with E-state index in [1.807, 2.05) is 18.2 Å². The maximum absolute atomic E-state index is 8.34. The average molecular weight is 222 g/mol. The second kappa shape index (κ2) is 4.19. The lowest BCUT2D eigenvalue weighted by atomic mass is 10.2. The van der Waals surface area contributed by atoms with Crippen molar-refractivity contribution in [3.8, 4) is 11.3 Å². The molecule has 0 fully saturated rings. The Morgan fingerprint density at radius 3 is 2.73 bits per heavy atom. The normalized spacial score (nSPS) is 11.0. The topological polar surface area (TPSA) is 45.7 Å². The maximum atomic E-state index is 8.34.